The molecule has 2 bridgehead atoms. The zero-order valence-corrected chi connectivity index (χ0v) is 9.94. The summed E-state index contributed by atoms with van der Waals surface area (Å²) in [4.78, 5) is 1.92. The molecule has 0 aromatic heterocycles. The Morgan fingerprint density at radius 3 is 2.54 bits per heavy atom. The van der Waals surface area contributed by atoms with Crippen molar-refractivity contribution in [1.82, 2.24) is 5.32 Å². The number of piperidine rings is 1. The topological polar surface area (TPSA) is 12.0 Å². The van der Waals surface area contributed by atoms with Crippen LogP contribution in [0, 0.1) is 16.7 Å². The Balaban J connectivity index is 2.51. The summed E-state index contributed by atoms with van der Waals surface area (Å²) in [5.74, 6) is 0.527. The minimum atomic E-state index is 0.162. The van der Waals surface area contributed by atoms with Crippen LogP contribution in [-0.4, -0.2) is 9.98 Å². The summed E-state index contributed by atoms with van der Waals surface area (Å²) in [6.07, 6.45) is 2.37. The summed E-state index contributed by atoms with van der Waals surface area (Å²) in [6, 6.07) is 0. The first-order valence-electron chi connectivity index (χ1n) is 4.75. The molecule has 72 valence electrons. The number of fused-ring (bicyclic) bond motifs is 2. The molecule has 1 saturated carbocycles. The summed E-state index contributed by atoms with van der Waals surface area (Å²) in [7, 11) is 0. The summed E-state index contributed by atoms with van der Waals surface area (Å²) >= 11 is 10.7. The minimum absolute atomic E-state index is 0.162. The Hall–Kier alpha value is -0.0200. The van der Waals surface area contributed by atoms with Crippen molar-refractivity contribution in [3.8, 4) is 0 Å². The van der Waals surface area contributed by atoms with Crippen LogP contribution < -0.4 is 5.32 Å². The van der Waals surface area contributed by atoms with Crippen LogP contribution in [0.3, 0.4) is 0 Å². The van der Waals surface area contributed by atoms with Crippen LogP contribution in [0.2, 0.25) is 0 Å². The number of hydrogen-bond donors (Lipinski definition) is 1. The summed E-state index contributed by atoms with van der Waals surface area (Å²) in [5.41, 5.74) is 0.404. The van der Waals surface area contributed by atoms with E-state index in [1.54, 1.807) is 0 Å². The number of hydrogen-bond acceptors (Lipinski definition) is 2. The van der Waals surface area contributed by atoms with Crippen molar-refractivity contribution in [2.75, 3.05) is 0 Å². The third-order valence-corrected chi connectivity index (χ3v) is 5.22. The van der Waals surface area contributed by atoms with Gasteiger partial charge in [-0.1, -0.05) is 45.2 Å². The second-order valence-electron chi connectivity index (χ2n) is 4.96. The van der Waals surface area contributed by atoms with Crippen LogP contribution in [0.25, 0.3) is 0 Å². The van der Waals surface area contributed by atoms with Crippen LogP contribution in [0.4, 0.5) is 0 Å². The van der Waals surface area contributed by atoms with Gasteiger partial charge >= 0.3 is 0 Å². The van der Waals surface area contributed by atoms with Crippen LogP contribution in [0.5, 0.6) is 0 Å². The van der Waals surface area contributed by atoms with Crippen LogP contribution in [0.15, 0.2) is 0 Å². The van der Waals surface area contributed by atoms with Gasteiger partial charge in [-0.3, -0.25) is 0 Å². The Labute approximate surface area is 90.3 Å². The van der Waals surface area contributed by atoms with E-state index in [4.69, 9.17) is 24.4 Å². The predicted molar refractivity (Wildman–Crippen MR) is 62.9 cm³/mol. The van der Waals surface area contributed by atoms with Gasteiger partial charge in [0.2, 0.25) is 0 Å². The number of rotatable bonds is 0. The van der Waals surface area contributed by atoms with Crippen molar-refractivity contribution in [2.24, 2.45) is 16.7 Å². The minimum Gasteiger partial charge on any atom is -0.344 e. The highest BCUT2D eigenvalue weighted by Crippen LogP contribution is 2.58. The van der Waals surface area contributed by atoms with Crippen molar-refractivity contribution < 1.29 is 0 Å². The molecule has 2 atom stereocenters. The molecule has 3 heteroatoms. The first-order valence-corrected chi connectivity index (χ1v) is 5.56. The van der Waals surface area contributed by atoms with E-state index in [1.165, 1.54) is 12.8 Å². The highest BCUT2D eigenvalue weighted by Gasteiger charge is 2.58. The first-order chi connectivity index (χ1) is 5.89. The lowest BCUT2D eigenvalue weighted by Crippen LogP contribution is -2.55. The van der Waals surface area contributed by atoms with Crippen molar-refractivity contribution >= 4 is 34.4 Å². The lowest BCUT2D eigenvalue weighted by atomic mass is 9.63. The van der Waals surface area contributed by atoms with Gasteiger partial charge in [0.05, 0.1) is 9.98 Å². The average molecular weight is 213 g/mol. The van der Waals surface area contributed by atoms with Gasteiger partial charge in [-0.05, 0) is 18.3 Å². The second kappa shape index (κ2) is 2.51. The molecule has 0 unspecified atom stereocenters. The summed E-state index contributed by atoms with van der Waals surface area (Å²) in [6.45, 7) is 6.86. The van der Waals surface area contributed by atoms with Crippen molar-refractivity contribution in [3.63, 3.8) is 0 Å². The highest BCUT2D eigenvalue weighted by atomic mass is 32.1. The molecule has 1 aliphatic heterocycles. The quantitative estimate of drug-likeness (QED) is 0.621. The molecular weight excluding hydrogens is 198 g/mol. The first kappa shape index (κ1) is 9.53. The summed E-state index contributed by atoms with van der Waals surface area (Å²) < 4.78 is 0. The van der Waals surface area contributed by atoms with Gasteiger partial charge in [0, 0.05) is 11.3 Å². The molecule has 2 aliphatic rings. The van der Waals surface area contributed by atoms with Crippen LogP contribution >= 0.6 is 24.4 Å². The molecule has 0 aromatic carbocycles. The Kier molecular flexibility index (Phi) is 1.84. The molecule has 0 amide bonds. The fraction of sp³-hybridized carbons (Fsp3) is 0.800. The second-order valence-corrected chi connectivity index (χ2v) is 5.81. The lowest BCUT2D eigenvalue weighted by Gasteiger charge is -2.46. The van der Waals surface area contributed by atoms with E-state index in [0.29, 0.717) is 5.92 Å². The monoisotopic (exact) mass is 213 g/mol. The standard InChI is InChI=1S/C10H15NS2/c1-9(2)6-4-5-10(9,3)8(13)11-7(6)12/h6H,4-5H2,1-3H3,(H,11,12,13)/t6-,10+/m1/s1. The third-order valence-electron chi connectivity index (χ3n) is 4.28. The molecule has 2 fully saturated rings. The summed E-state index contributed by atoms with van der Waals surface area (Å²) in [5, 5.41) is 3.20. The average Bonchev–Trinajstić information content (AvgIpc) is 2.16. The Morgan fingerprint density at radius 2 is 1.92 bits per heavy atom. The van der Waals surface area contributed by atoms with Gasteiger partial charge in [-0.2, -0.15) is 0 Å². The number of nitrogens with one attached hydrogen (secondary N) is 1. The molecule has 1 heterocycles. The molecule has 1 saturated heterocycles. The lowest BCUT2D eigenvalue weighted by molar-refractivity contribution is 0.178. The normalized spacial score (nSPS) is 41.9. The van der Waals surface area contributed by atoms with Gasteiger partial charge in [0.1, 0.15) is 0 Å². The smallest absolute Gasteiger partial charge is 0.0866 e. The number of thiocarbonyl (C=S) groups is 2. The van der Waals surface area contributed by atoms with E-state index >= 15 is 0 Å². The fourth-order valence-electron chi connectivity index (χ4n) is 2.70. The third kappa shape index (κ3) is 0.975. The van der Waals surface area contributed by atoms with Gasteiger partial charge < -0.3 is 5.32 Å². The molecule has 0 aromatic rings. The van der Waals surface area contributed by atoms with Crippen molar-refractivity contribution in [2.45, 2.75) is 33.6 Å². The Bertz CT molecular complexity index is 295. The molecule has 0 spiro atoms. The molecule has 1 nitrogen and oxygen atoms in total. The van der Waals surface area contributed by atoms with Crippen molar-refractivity contribution in [1.29, 1.82) is 0 Å². The van der Waals surface area contributed by atoms with Gasteiger partial charge in [0.25, 0.3) is 0 Å². The molecule has 2 rings (SSSR count). The van der Waals surface area contributed by atoms with E-state index in [9.17, 15) is 0 Å². The largest absolute Gasteiger partial charge is 0.344 e. The maximum atomic E-state index is 5.39. The molecule has 1 aliphatic carbocycles. The van der Waals surface area contributed by atoms with Gasteiger partial charge in [0.15, 0.2) is 0 Å². The van der Waals surface area contributed by atoms with E-state index in [2.05, 4.69) is 26.1 Å². The molecular formula is C10H15NS2. The predicted octanol–water partition coefficient (Wildman–Crippen LogP) is 2.69. The van der Waals surface area contributed by atoms with E-state index in [0.717, 1.165) is 9.98 Å². The van der Waals surface area contributed by atoms with Crippen molar-refractivity contribution in [3.05, 3.63) is 0 Å². The van der Waals surface area contributed by atoms with E-state index < -0.39 is 0 Å². The van der Waals surface area contributed by atoms with Gasteiger partial charge in [-0.25, -0.2) is 0 Å². The van der Waals surface area contributed by atoms with E-state index in [-0.39, 0.29) is 10.8 Å². The zero-order chi connectivity index (χ0) is 9.85. The van der Waals surface area contributed by atoms with Crippen LogP contribution in [-0.2, 0) is 0 Å². The Morgan fingerprint density at radius 1 is 1.31 bits per heavy atom. The zero-order valence-electron chi connectivity index (χ0n) is 8.31. The SMILES string of the molecule is CC1(C)[C@@H]2CC[C@@]1(C)C(=S)NC2=S. The maximum Gasteiger partial charge on any atom is 0.0866 e. The highest BCUT2D eigenvalue weighted by molar-refractivity contribution is 7.82. The maximum absolute atomic E-state index is 5.39. The molecule has 13 heavy (non-hydrogen) atoms. The molecule has 1 N–H and O–H groups in total. The fourth-order valence-corrected chi connectivity index (χ4v) is 3.76. The van der Waals surface area contributed by atoms with Gasteiger partial charge in [-0.15, -0.1) is 0 Å². The van der Waals surface area contributed by atoms with E-state index in [1.807, 2.05) is 0 Å². The van der Waals surface area contributed by atoms with Crippen LogP contribution in [0.1, 0.15) is 33.6 Å². The molecule has 0 radical (unpaired) electrons.